The van der Waals surface area contributed by atoms with Crippen LogP contribution in [0.5, 0.6) is 0 Å². The first-order valence-corrected chi connectivity index (χ1v) is 6.35. The lowest BCUT2D eigenvalue weighted by molar-refractivity contribution is -0.757. The summed E-state index contributed by atoms with van der Waals surface area (Å²) < 4.78 is 9.94. The molecule has 0 unspecified atom stereocenters. The zero-order chi connectivity index (χ0) is 15.6. The number of ether oxygens (including phenoxy) is 2. The molecule has 0 aromatic heterocycles. The first-order valence-electron chi connectivity index (χ1n) is 6.35. The van der Waals surface area contributed by atoms with Gasteiger partial charge in [0, 0.05) is 12.8 Å². The zero-order valence-corrected chi connectivity index (χ0v) is 12.0. The largest absolute Gasteiger partial charge is 0.466 e. The predicted molar refractivity (Wildman–Crippen MR) is 68.2 cm³/mol. The Morgan fingerprint density at radius 3 is 2.15 bits per heavy atom. The first kappa shape index (κ1) is 18.1. The molecule has 0 aliphatic heterocycles. The van der Waals surface area contributed by atoms with Crippen molar-refractivity contribution in [3.8, 4) is 0 Å². The van der Waals surface area contributed by atoms with Gasteiger partial charge in [0.15, 0.2) is 0 Å². The van der Waals surface area contributed by atoms with E-state index in [4.69, 9.17) is 9.47 Å². The lowest BCUT2D eigenvalue weighted by atomic mass is 10.2. The third-order valence-electron chi connectivity index (χ3n) is 1.93. The smallest absolute Gasteiger partial charge is 0.306 e. The van der Waals surface area contributed by atoms with Crippen molar-refractivity contribution in [2.45, 2.75) is 52.1 Å². The highest BCUT2D eigenvalue weighted by Gasteiger charge is 2.15. The van der Waals surface area contributed by atoms with E-state index in [0.717, 1.165) is 0 Å². The Morgan fingerprint density at radius 2 is 1.60 bits per heavy atom. The molecule has 0 bridgehead atoms. The van der Waals surface area contributed by atoms with Gasteiger partial charge in [-0.2, -0.15) is 0 Å². The molecule has 0 atom stereocenters. The molecule has 0 amide bonds. The van der Waals surface area contributed by atoms with Crippen LogP contribution in [-0.2, 0) is 23.9 Å². The van der Waals surface area contributed by atoms with Gasteiger partial charge in [-0.1, -0.05) is 0 Å². The summed E-state index contributed by atoms with van der Waals surface area (Å²) in [5.74, 6) is -0.811. The normalized spacial score (nSPS) is 10.8. The summed E-state index contributed by atoms with van der Waals surface area (Å²) in [7, 11) is 0. The van der Waals surface area contributed by atoms with E-state index in [1.54, 1.807) is 20.8 Å². The van der Waals surface area contributed by atoms with E-state index in [9.17, 15) is 19.7 Å². The molecule has 0 aromatic rings. The van der Waals surface area contributed by atoms with Crippen molar-refractivity contribution in [3.63, 3.8) is 0 Å². The Morgan fingerprint density at radius 1 is 1.05 bits per heavy atom. The van der Waals surface area contributed by atoms with Gasteiger partial charge in [0.1, 0.15) is 5.60 Å². The Labute approximate surface area is 117 Å². The molecule has 0 heterocycles. The Bertz CT molecular complexity index is 335. The van der Waals surface area contributed by atoms with Gasteiger partial charge in [-0.15, -0.1) is 10.1 Å². The fourth-order valence-electron chi connectivity index (χ4n) is 1.22. The van der Waals surface area contributed by atoms with Crippen molar-refractivity contribution >= 4 is 11.9 Å². The highest BCUT2D eigenvalue weighted by atomic mass is 16.9. The number of esters is 2. The third kappa shape index (κ3) is 12.6. The number of nitrogens with zero attached hydrogens (tertiary/aromatic N) is 1. The van der Waals surface area contributed by atoms with Crippen LogP contribution >= 0.6 is 0 Å². The second-order valence-corrected chi connectivity index (χ2v) is 5.07. The molecule has 0 saturated carbocycles. The maximum absolute atomic E-state index is 11.3. The van der Waals surface area contributed by atoms with Crippen LogP contribution in [0.4, 0.5) is 0 Å². The van der Waals surface area contributed by atoms with Gasteiger partial charge in [-0.25, -0.2) is 0 Å². The number of hydrogen-bond donors (Lipinski definition) is 0. The van der Waals surface area contributed by atoms with Gasteiger partial charge in [0.25, 0.3) is 5.09 Å². The lowest BCUT2D eigenvalue weighted by Crippen LogP contribution is -2.24. The van der Waals surface area contributed by atoms with Gasteiger partial charge in [0.05, 0.1) is 13.2 Å². The molecule has 0 aliphatic carbocycles. The fraction of sp³-hybridized carbons (Fsp3) is 0.833. The molecular weight excluding hydrogens is 270 g/mol. The number of hydrogen-bond acceptors (Lipinski definition) is 7. The molecule has 0 saturated heterocycles. The summed E-state index contributed by atoms with van der Waals surface area (Å²) in [5.41, 5.74) is -0.523. The average Bonchev–Trinajstić information content (AvgIpc) is 2.28. The number of carbonyl (C=O) groups is 2. The predicted octanol–water partition coefficient (Wildman–Crippen LogP) is 1.64. The van der Waals surface area contributed by atoms with E-state index in [1.165, 1.54) is 0 Å². The van der Waals surface area contributed by atoms with Crippen molar-refractivity contribution in [1.29, 1.82) is 0 Å². The van der Waals surface area contributed by atoms with Crippen LogP contribution in [0.1, 0.15) is 46.5 Å². The van der Waals surface area contributed by atoms with E-state index in [0.29, 0.717) is 6.42 Å². The molecule has 20 heavy (non-hydrogen) atoms. The van der Waals surface area contributed by atoms with Gasteiger partial charge >= 0.3 is 11.9 Å². The number of rotatable bonds is 9. The molecule has 0 N–H and O–H groups in total. The lowest BCUT2D eigenvalue weighted by Gasteiger charge is -2.19. The van der Waals surface area contributed by atoms with Crippen molar-refractivity contribution in [3.05, 3.63) is 10.1 Å². The second kappa shape index (κ2) is 9.11. The SMILES string of the molecule is CC(C)(C)OC(=O)CCCOC(=O)CCCO[N+](=O)[O-]. The van der Waals surface area contributed by atoms with E-state index < -0.39 is 16.7 Å². The standard InChI is InChI=1S/C12H21NO7/c1-12(2,3)20-11(15)7-4-8-18-10(14)6-5-9-19-13(16)17/h4-9H2,1-3H3. The minimum absolute atomic E-state index is 0.0419. The highest BCUT2D eigenvalue weighted by molar-refractivity contribution is 5.70. The second-order valence-electron chi connectivity index (χ2n) is 5.07. The highest BCUT2D eigenvalue weighted by Crippen LogP contribution is 2.09. The van der Waals surface area contributed by atoms with Crippen LogP contribution in [0.2, 0.25) is 0 Å². The van der Waals surface area contributed by atoms with Crippen LogP contribution < -0.4 is 0 Å². The van der Waals surface area contributed by atoms with Crippen molar-refractivity contribution in [1.82, 2.24) is 0 Å². The van der Waals surface area contributed by atoms with Gasteiger partial charge < -0.3 is 14.3 Å². The van der Waals surface area contributed by atoms with Crippen LogP contribution in [0, 0.1) is 10.1 Å². The van der Waals surface area contributed by atoms with Gasteiger partial charge in [-0.3, -0.25) is 9.59 Å². The number of carbonyl (C=O) groups excluding carboxylic acids is 2. The summed E-state index contributed by atoms with van der Waals surface area (Å²) >= 11 is 0. The first-order chi connectivity index (χ1) is 9.20. The maximum atomic E-state index is 11.3. The molecule has 0 rings (SSSR count). The van der Waals surface area contributed by atoms with Crippen LogP contribution in [0.25, 0.3) is 0 Å². The quantitative estimate of drug-likeness (QED) is 0.275. The van der Waals surface area contributed by atoms with Crippen molar-refractivity contribution in [2.75, 3.05) is 13.2 Å². The van der Waals surface area contributed by atoms with Crippen molar-refractivity contribution in [2.24, 2.45) is 0 Å². The van der Waals surface area contributed by atoms with Crippen LogP contribution in [-0.4, -0.2) is 35.8 Å². The Kier molecular flexibility index (Phi) is 8.26. The Balaban J connectivity index is 3.52. The molecule has 0 aromatic carbocycles. The molecular formula is C12H21NO7. The minimum Gasteiger partial charge on any atom is -0.466 e. The fourth-order valence-corrected chi connectivity index (χ4v) is 1.22. The summed E-state index contributed by atoms with van der Waals surface area (Å²) in [6.07, 6.45) is 0.813. The minimum atomic E-state index is -0.911. The molecule has 8 heteroatoms. The van der Waals surface area contributed by atoms with Crippen molar-refractivity contribution < 1.29 is 29.0 Å². The average molecular weight is 291 g/mol. The monoisotopic (exact) mass is 291 g/mol. The summed E-state index contributed by atoms with van der Waals surface area (Å²) in [6.45, 7) is 5.31. The topological polar surface area (TPSA) is 105 Å². The van der Waals surface area contributed by atoms with E-state index in [2.05, 4.69) is 4.84 Å². The summed E-state index contributed by atoms with van der Waals surface area (Å²) in [6, 6.07) is 0. The molecule has 0 spiro atoms. The molecule has 0 radical (unpaired) electrons. The van der Waals surface area contributed by atoms with E-state index in [-0.39, 0.29) is 38.4 Å². The molecule has 116 valence electrons. The molecule has 8 nitrogen and oxygen atoms in total. The van der Waals surface area contributed by atoms with E-state index >= 15 is 0 Å². The molecule has 0 fully saturated rings. The summed E-state index contributed by atoms with van der Waals surface area (Å²) in [4.78, 5) is 36.4. The maximum Gasteiger partial charge on any atom is 0.306 e. The van der Waals surface area contributed by atoms with Crippen LogP contribution in [0.15, 0.2) is 0 Å². The summed E-state index contributed by atoms with van der Waals surface area (Å²) in [5, 5.41) is 8.93. The Hall–Kier alpha value is -1.86. The van der Waals surface area contributed by atoms with Gasteiger partial charge in [0.2, 0.25) is 0 Å². The zero-order valence-electron chi connectivity index (χ0n) is 12.0. The van der Waals surface area contributed by atoms with Gasteiger partial charge in [-0.05, 0) is 33.6 Å². The van der Waals surface area contributed by atoms with Crippen LogP contribution in [0.3, 0.4) is 0 Å². The molecule has 0 aliphatic rings. The van der Waals surface area contributed by atoms with E-state index in [1.807, 2.05) is 0 Å². The third-order valence-corrected chi connectivity index (χ3v) is 1.93.